The molecule has 0 unspecified atom stereocenters. The molecule has 1 aromatic heterocycles. The second kappa shape index (κ2) is 8.55. The van der Waals surface area contributed by atoms with Gasteiger partial charge < -0.3 is 23.8 Å². The van der Waals surface area contributed by atoms with Gasteiger partial charge in [0.05, 0.1) is 29.7 Å². The number of carbonyl (C=O) groups is 2. The summed E-state index contributed by atoms with van der Waals surface area (Å²) in [6, 6.07) is 6.94. The van der Waals surface area contributed by atoms with E-state index in [4.69, 9.17) is 18.5 Å². The minimum absolute atomic E-state index is 0.230. The first-order valence-corrected chi connectivity index (χ1v) is 10.9. The number of aromatic nitrogens is 1. The largest absolute Gasteiger partial charge is 0.419 e. The zero-order chi connectivity index (χ0) is 21.9. The van der Waals surface area contributed by atoms with E-state index in [0.717, 1.165) is 0 Å². The number of nitrogens with one attached hydrogen (secondary N) is 1. The van der Waals surface area contributed by atoms with Crippen LogP contribution in [0.3, 0.4) is 0 Å². The molecule has 0 amide bonds. The number of fused-ring (bicyclic) bond motifs is 1. The molecule has 0 saturated carbocycles. The summed E-state index contributed by atoms with van der Waals surface area (Å²) < 4.78 is 33.9. The van der Waals surface area contributed by atoms with E-state index in [-0.39, 0.29) is 18.8 Å². The fourth-order valence-electron chi connectivity index (χ4n) is 2.87. The third-order valence-electron chi connectivity index (χ3n) is 4.10. The van der Waals surface area contributed by atoms with Crippen LogP contribution in [0.25, 0.3) is 10.9 Å². The third kappa shape index (κ3) is 4.53. The van der Waals surface area contributed by atoms with Crippen molar-refractivity contribution in [2.45, 2.75) is 33.5 Å². The van der Waals surface area contributed by atoms with Crippen LogP contribution in [0.5, 0.6) is 0 Å². The zero-order valence-corrected chi connectivity index (χ0v) is 18.0. The van der Waals surface area contributed by atoms with E-state index in [1.807, 2.05) is 0 Å². The lowest BCUT2D eigenvalue weighted by molar-refractivity contribution is -0.222. The molecule has 30 heavy (non-hydrogen) atoms. The highest BCUT2D eigenvalue weighted by molar-refractivity contribution is 7.62. The second-order valence-electron chi connectivity index (χ2n) is 6.79. The van der Waals surface area contributed by atoms with Gasteiger partial charge in [0, 0.05) is 31.6 Å². The Morgan fingerprint density at radius 3 is 2.37 bits per heavy atom. The van der Waals surface area contributed by atoms with Crippen LogP contribution in [0.15, 0.2) is 42.2 Å². The lowest BCUT2D eigenvalue weighted by Crippen LogP contribution is -2.42. The minimum atomic E-state index is -3.47. The van der Waals surface area contributed by atoms with Crippen LogP contribution in [-0.4, -0.2) is 35.9 Å². The number of esters is 2. The molecule has 1 aromatic carbocycles. The highest BCUT2D eigenvalue weighted by Crippen LogP contribution is 2.47. The monoisotopic (exact) mass is 434 g/mol. The van der Waals surface area contributed by atoms with Crippen molar-refractivity contribution in [3.63, 3.8) is 0 Å². The molecule has 10 heteroatoms. The van der Waals surface area contributed by atoms with Crippen molar-refractivity contribution in [3.05, 3.63) is 42.2 Å². The Balaban J connectivity index is 1.92. The normalized spacial score (nSPS) is 16.2. The summed E-state index contributed by atoms with van der Waals surface area (Å²) in [5.74, 6) is -2.87. The number of benzene rings is 1. The van der Waals surface area contributed by atoms with Gasteiger partial charge in [-0.3, -0.25) is 9.55 Å². The van der Waals surface area contributed by atoms with Gasteiger partial charge in [0.1, 0.15) is 0 Å². The van der Waals surface area contributed by atoms with Crippen molar-refractivity contribution in [1.82, 2.24) is 4.98 Å². The van der Waals surface area contributed by atoms with Crippen LogP contribution in [0, 0.1) is 0 Å². The topological polar surface area (TPSA) is 113 Å². The molecule has 0 aliphatic carbocycles. The van der Waals surface area contributed by atoms with E-state index in [2.05, 4.69) is 10.3 Å². The maximum Gasteiger partial charge on any atom is 0.362 e. The summed E-state index contributed by atoms with van der Waals surface area (Å²) in [7, 11) is -3.47. The molecular weight excluding hydrogens is 411 g/mol. The Hall–Kier alpha value is -2.74. The summed E-state index contributed by atoms with van der Waals surface area (Å²) in [5, 5.41) is 3.91. The van der Waals surface area contributed by atoms with Gasteiger partial charge in [-0.25, -0.2) is 9.59 Å². The molecule has 1 saturated heterocycles. The summed E-state index contributed by atoms with van der Waals surface area (Å²) in [6.45, 7) is 6.88. The average Bonchev–Trinajstić information content (AvgIpc) is 2.66. The van der Waals surface area contributed by atoms with Crippen LogP contribution in [0.4, 0.5) is 5.69 Å². The number of cyclic esters (lactones) is 2. The molecule has 0 bridgehead atoms. The smallest absolute Gasteiger partial charge is 0.362 e. The maximum absolute atomic E-state index is 13.0. The minimum Gasteiger partial charge on any atom is -0.419 e. The van der Waals surface area contributed by atoms with Gasteiger partial charge in [0.2, 0.25) is 0 Å². The number of rotatable bonds is 7. The highest BCUT2D eigenvalue weighted by atomic mass is 31.2. The number of carbonyl (C=O) groups excluding carboxylic acids is 2. The zero-order valence-electron chi connectivity index (χ0n) is 17.1. The van der Waals surface area contributed by atoms with Gasteiger partial charge in [-0.15, -0.1) is 0 Å². The molecule has 160 valence electrons. The van der Waals surface area contributed by atoms with E-state index < -0.39 is 25.3 Å². The molecule has 2 heterocycles. The number of para-hydroxylation sites is 1. The van der Waals surface area contributed by atoms with E-state index in [1.165, 1.54) is 26.2 Å². The van der Waals surface area contributed by atoms with E-state index in [0.29, 0.717) is 21.9 Å². The van der Waals surface area contributed by atoms with Gasteiger partial charge in [0.25, 0.3) is 5.79 Å². The molecule has 2 aromatic rings. The number of nitrogens with zero attached hydrogens (tertiary/aromatic N) is 1. The van der Waals surface area contributed by atoms with Crippen molar-refractivity contribution in [1.29, 1.82) is 0 Å². The number of anilines is 1. The molecule has 9 nitrogen and oxygen atoms in total. The van der Waals surface area contributed by atoms with Crippen LogP contribution < -0.4 is 10.6 Å². The molecule has 0 atom stereocenters. The molecule has 1 fully saturated rings. The molecule has 0 spiro atoms. The van der Waals surface area contributed by atoms with Crippen molar-refractivity contribution >= 4 is 41.4 Å². The maximum atomic E-state index is 13.0. The van der Waals surface area contributed by atoms with Gasteiger partial charge >= 0.3 is 19.5 Å². The number of hydrogen-bond acceptors (Lipinski definition) is 9. The molecule has 1 aliphatic rings. The standard InChI is InChI=1S/C20H23N2O7P/c1-5-26-30(25,27-6-2)14-10-13-8-7-9-16(17(13)22-11-14)21-12-15-18(23)28-20(3,4)29-19(15)24/h7-12,21H,5-6H2,1-4H3. The Kier molecular flexibility index (Phi) is 6.26. The Morgan fingerprint density at radius 2 is 1.77 bits per heavy atom. The molecule has 1 aliphatic heterocycles. The van der Waals surface area contributed by atoms with Crippen molar-refractivity contribution in [2.75, 3.05) is 18.5 Å². The first-order chi connectivity index (χ1) is 14.2. The second-order valence-corrected chi connectivity index (χ2v) is 8.81. The van der Waals surface area contributed by atoms with Crippen molar-refractivity contribution in [2.24, 2.45) is 0 Å². The Bertz CT molecular complexity index is 1030. The van der Waals surface area contributed by atoms with Crippen LogP contribution >= 0.6 is 7.60 Å². The highest BCUT2D eigenvalue weighted by Gasteiger charge is 2.39. The van der Waals surface area contributed by atoms with E-state index >= 15 is 0 Å². The van der Waals surface area contributed by atoms with E-state index in [9.17, 15) is 14.2 Å². The lowest BCUT2D eigenvalue weighted by Gasteiger charge is -2.29. The first kappa shape index (κ1) is 22.0. The quantitative estimate of drug-likeness (QED) is 0.304. The van der Waals surface area contributed by atoms with Gasteiger partial charge in [-0.1, -0.05) is 12.1 Å². The fraction of sp³-hybridized carbons (Fsp3) is 0.350. The van der Waals surface area contributed by atoms with Crippen LogP contribution in [0.1, 0.15) is 27.7 Å². The number of ether oxygens (including phenoxy) is 2. The summed E-state index contributed by atoms with van der Waals surface area (Å²) in [5.41, 5.74) is 0.801. The predicted molar refractivity (Wildman–Crippen MR) is 110 cm³/mol. The predicted octanol–water partition coefficient (Wildman–Crippen LogP) is 3.26. The van der Waals surface area contributed by atoms with Crippen molar-refractivity contribution < 1.29 is 32.7 Å². The molecule has 1 N–H and O–H groups in total. The molecular formula is C20H23N2O7P. The summed E-state index contributed by atoms with van der Waals surface area (Å²) in [6.07, 6.45) is 2.65. The van der Waals surface area contributed by atoms with Crippen LogP contribution in [0.2, 0.25) is 0 Å². The van der Waals surface area contributed by atoms with Gasteiger partial charge in [0.15, 0.2) is 5.57 Å². The Morgan fingerprint density at radius 1 is 1.13 bits per heavy atom. The fourth-order valence-corrected chi connectivity index (χ4v) is 4.42. The molecule has 3 rings (SSSR count). The average molecular weight is 434 g/mol. The van der Waals surface area contributed by atoms with E-state index in [1.54, 1.807) is 38.1 Å². The lowest BCUT2D eigenvalue weighted by atomic mass is 10.2. The Labute approximate surface area is 173 Å². The number of hydrogen-bond donors (Lipinski definition) is 1. The third-order valence-corrected chi connectivity index (χ3v) is 6.17. The summed E-state index contributed by atoms with van der Waals surface area (Å²) >= 11 is 0. The first-order valence-electron chi connectivity index (χ1n) is 9.41. The van der Waals surface area contributed by atoms with Gasteiger partial charge in [-0.2, -0.15) is 0 Å². The van der Waals surface area contributed by atoms with Crippen molar-refractivity contribution in [3.8, 4) is 0 Å². The van der Waals surface area contributed by atoms with Gasteiger partial charge in [-0.05, 0) is 26.0 Å². The summed E-state index contributed by atoms with van der Waals surface area (Å²) in [4.78, 5) is 28.5. The van der Waals surface area contributed by atoms with Crippen LogP contribution in [-0.2, 0) is 32.7 Å². The number of pyridine rings is 1. The SMILES string of the molecule is CCOP(=O)(OCC)c1cnc2c(NC=C3C(=O)OC(C)(C)OC3=O)cccc2c1. The molecule has 0 radical (unpaired) electrons.